The maximum absolute atomic E-state index is 12.4. The number of nitrogens with one attached hydrogen (secondary N) is 2. The number of aryl methyl sites for hydroxylation is 1. The molecule has 0 fully saturated rings. The molecule has 1 aliphatic rings. The van der Waals surface area contributed by atoms with Crippen molar-refractivity contribution >= 4 is 29.3 Å². The molecule has 0 spiro atoms. The lowest BCUT2D eigenvalue weighted by Gasteiger charge is -2.35. The molecule has 2 N–H and O–H groups in total. The van der Waals surface area contributed by atoms with Crippen molar-refractivity contribution in [2.75, 3.05) is 5.32 Å². The van der Waals surface area contributed by atoms with Crippen LogP contribution < -0.4 is 10.6 Å². The third kappa shape index (κ3) is 3.89. The molecular weight excluding hydrogens is 348 g/mol. The number of rotatable bonds is 4. The highest BCUT2D eigenvalue weighted by Gasteiger charge is 2.45. The van der Waals surface area contributed by atoms with Gasteiger partial charge < -0.3 is 10.6 Å². The number of thioether (sulfide) groups is 1. The Hall–Kier alpha value is -2.77. The molecule has 0 saturated carbocycles. The fourth-order valence-corrected chi connectivity index (χ4v) is 3.73. The summed E-state index contributed by atoms with van der Waals surface area (Å²) in [6.07, 6.45) is 0. The Morgan fingerprint density at radius 3 is 2.46 bits per heavy atom. The smallest absolute Gasteiger partial charge is 0.243 e. The normalized spacial score (nSPS) is 19.8. The summed E-state index contributed by atoms with van der Waals surface area (Å²) in [6, 6.07) is 11.5. The first-order valence-electron chi connectivity index (χ1n) is 8.10. The lowest BCUT2D eigenvalue weighted by molar-refractivity contribution is -0.125. The maximum atomic E-state index is 12.4. The highest BCUT2D eigenvalue weighted by Crippen LogP contribution is 2.42. The van der Waals surface area contributed by atoms with E-state index in [9.17, 15) is 20.1 Å². The van der Waals surface area contributed by atoms with Gasteiger partial charge in [0, 0.05) is 11.1 Å². The molecule has 1 aromatic rings. The van der Waals surface area contributed by atoms with E-state index in [0.29, 0.717) is 16.3 Å². The SMILES string of the molecule is Cc1ccc(NC(=O)[C@@H](C)SC2=C(C#N)C(C)(C)[C@@H](C#N)C(=O)N2)cc1. The number of carbonyl (C=O) groups excluding carboxylic acids is 2. The summed E-state index contributed by atoms with van der Waals surface area (Å²) in [5.41, 5.74) is 1.17. The van der Waals surface area contributed by atoms with Gasteiger partial charge >= 0.3 is 0 Å². The second-order valence-corrected chi connectivity index (χ2v) is 8.06. The Kier molecular flexibility index (Phi) is 5.74. The van der Waals surface area contributed by atoms with E-state index in [1.807, 2.05) is 37.3 Å². The van der Waals surface area contributed by atoms with Crippen LogP contribution in [0, 0.1) is 40.9 Å². The number of amides is 2. The van der Waals surface area contributed by atoms with Crippen molar-refractivity contribution in [1.82, 2.24) is 5.32 Å². The summed E-state index contributed by atoms with van der Waals surface area (Å²) in [5.74, 6) is -1.64. The minimum Gasteiger partial charge on any atom is -0.325 e. The first kappa shape index (κ1) is 19.6. The molecule has 2 atom stereocenters. The summed E-state index contributed by atoms with van der Waals surface area (Å²) < 4.78 is 0. The molecule has 1 heterocycles. The van der Waals surface area contributed by atoms with Crippen molar-refractivity contribution in [3.05, 3.63) is 40.4 Å². The number of hydrogen-bond donors (Lipinski definition) is 2. The molecule has 26 heavy (non-hydrogen) atoms. The highest BCUT2D eigenvalue weighted by atomic mass is 32.2. The molecule has 0 bridgehead atoms. The van der Waals surface area contributed by atoms with Crippen LogP contribution in [0.5, 0.6) is 0 Å². The lowest BCUT2D eigenvalue weighted by atomic mass is 9.72. The van der Waals surface area contributed by atoms with Crippen LogP contribution in [0.15, 0.2) is 34.9 Å². The Balaban J connectivity index is 2.20. The first-order chi connectivity index (χ1) is 12.2. The van der Waals surface area contributed by atoms with Gasteiger partial charge in [-0.3, -0.25) is 9.59 Å². The van der Waals surface area contributed by atoms with Crippen LogP contribution in [0.1, 0.15) is 26.3 Å². The first-order valence-corrected chi connectivity index (χ1v) is 8.98. The van der Waals surface area contributed by atoms with Crippen molar-refractivity contribution in [3.63, 3.8) is 0 Å². The average Bonchev–Trinajstić information content (AvgIpc) is 2.56. The zero-order valence-electron chi connectivity index (χ0n) is 15.1. The summed E-state index contributed by atoms with van der Waals surface area (Å²) >= 11 is 1.11. The number of benzene rings is 1. The molecule has 2 rings (SSSR count). The zero-order chi connectivity index (χ0) is 19.5. The standard InChI is InChI=1S/C19H20N4O2S/c1-11-5-7-13(8-6-11)22-16(24)12(2)26-18-15(10-21)19(3,4)14(9-20)17(25)23-18/h5-8,12,14H,1-4H3,(H,22,24)(H,23,25)/t12-,14+/m1/s1. The van der Waals surface area contributed by atoms with Gasteiger partial charge in [-0.1, -0.05) is 43.3 Å². The van der Waals surface area contributed by atoms with Crippen LogP contribution in [0.3, 0.4) is 0 Å². The van der Waals surface area contributed by atoms with Gasteiger partial charge in [0.1, 0.15) is 5.92 Å². The molecule has 6 nitrogen and oxygen atoms in total. The molecule has 2 amide bonds. The number of carbonyl (C=O) groups is 2. The van der Waals surface area contributed by atoms with E-state index in [1.165, 1.54) is 0 Å². The zero-order valence-corrected chi connectivity index (χ0v) is 15.9. The van der Waals surface area contributed by atoms with Gasteiger partial charge in [-0.05, 0) is 26.0 Å². The van der Waals surface area contributed by atoms with E-state index < -0.39 is 22.5 Å². The van der Waals surface area contributed by atoms with Crippen molar-refractivity contribution in [3.8, 4) is 12.1 Å². The van der Waals surface area contributed by atoms with Crippen LogP contribution in [0.4, 0.5) is 5.69 Å². The van der Waals surface area contributed by atoms with Crippen LogP contribution in [-0.2, 0) is 9.59 Å². The van der Waals surface area contributed by atoms with Crippen LogP contribution in [-0.4, -0.2) is 17.1 Å². The summed E-state index contributed by atoms with van der Waals surface area (Å²) in [6.45, 7) is 7.04. The second-order valence-electron chi connectivity index (χ2n) is 6.70. The minimum absolute atomic E-state index is 0.238. The van der Waals surface area contributed by atoms with Crippen LogP contribution in [0.2, 0.25) is 0 Å². The van der Waals surface area contributed by atoms with E-state index in [1.54, 1.807) is 20.8 Å². The molecule has 7 heteroatoms. The van der Waals surface area contributed by atoms with Gasteiger partial charge in [-0.25, -0.2) is 0 Å². The topological polar surface area (TPSA) is 106 Å². The molecule has 1 aliphatic heterocycles. The molecule has 1 aromatic carbocycles. The van der Waals surface area contributed by atoms with E-state index in [0.717, 1.165) is 17.3 Å². The Labute approximate surface area is 157 Å². The van der Waals surface area contributed by atoms with Crippen molar-refractivity contribution in [2.45, 2.75) is 32.9 Å². The second kappa shape index (κ2) is 7.63. The lowest BCUT2D eigenvalue weighted by Crippen LogP contribution is -2.45. The van der Waals surface area contributed by atoms with Gasteiger partial charge in [0.05, 0.1) is 28.0 Å². The summed E-state index contributed by atoms with van der Waals surface area (Å²) in [7, 11) is 0. The molecular formula is C19H20N4O2S. The van der Waals surface area contributed by atoms with Gasteiger partial charge in [0.25, 0.3) is 0 Å². The van der Waals surface area contributed by atoms with Crippen molar-refractivity contribution in [2.24, 2.45) is 11.3 Å². The Morgan fingerprint density at radius 1 is 1.31 bits per heavy atom. The van der Waals surface area contributed by atoms with E-state index in [4.69, 9.17) is 0 Å². The molecule has 0 unspecified atom stereocenters. The molecule has 0 radical (unpaired) electrons. The average molecular weight is 368 g/mol. The van der Waals surface area contributed by atoms with E-state index in [2.05, 4.69) is 16.7 Å². The fourth-order valence-electron chi connectivity index (χ4n) is 2.63. The van der Waals surface area contributed by atoms with E-state index >= 15 is 0 Å². The third-order valence-corrected chi connectivity index (χ3v) is 5.43. The van der Waals surface area contributed by atoms with Crippen molar-refractivity contribution < 1.29 is 9.59 Å². The molecule has 134 valence electrons. The van der Waals surface area contributed by atoms with Crippen LogP contribution in [0.25, 0.3) is 0 Å². The predicted molar refractivity (Wildman–Crippen MR) is 101 cm³/mol. The van der Waals surface area contributed by atoms with Gasteiger partial charge in [0.15, 0.2) is 0 Å². The maximum Gasteiger partial charge on any atom is 0.243 e. The Bertz CT molecular complexity index is 844. The highest BCUT2D eigenvalue weighted by molar-refractivity contribution is 8.04. The third-order valence-electron chi connectivity index (χ3n) is 4.32. The minimum atomic E-state index is -0.946. The largest absolute Gasteiger partial charge is 0.325 e. The number of nitrogens with zero attached hydrogens (tertiary/aromatic N) is 2. The molecule has 0 saturated heterocycles. The number of allylic oxidation sites excluding steroid dienone is 1. The quantitative estimate of drug-likeness (QED) is 0.849. The Morgan fingerprint density at radius 2 is 1.92 bits per heavy atom. The van der Waals surface area contributed by atoms with Gasteiger partial charge in [0.2, 0.25) is 11.8 Å². The van der Waals surface area contributed by atoms with Gasteiger partial charge in [-0.15, -0.1) is 0 Å². The summed E-state index contributed by atoms with van der Waals surface area (Å²) in [4.78, 5) is 24.6. The number of nitriles is 2. The predicted octanol–water partition coefficient (Wildman–Crippen LogP) is 3.09. The monoisotopic (exact) mass is 368 g/mol. The van der Waals surface area contributed by atoms with Crippen LogP contribution >= 0.6 is 11.8 Å². The molecule has 0 aliphatic carbocycles. The van der Waals surface area contributed by atoms with Crippen molar-refractivity contribution in [1.29, 1.82) is 10.5 Å². The number of anilines is 1. The number of hydrogen-bond acceptors (Lipinski definition) is 5. The van der Waals surface area contributed by atoms with E-state index in [-0.39, 0.29) is 5.91 Å². The van der Waals surface area contributed by atoms with Gasteiger partial charge in [-0.2, -0.15) is 10.5 Å². The summed E-state index contributed by atoms with van der Waals surface area (Å²) in [5, 5.41) is 24.0. The molecule has 0 aromatic heterocycles. The fraction of sp³-hybridized carbons (Fsp3) is 0.368.